The van der Waals surface area contributed by atoms with Crippen LogP contribution >= 0.6 is 0 Å². The molecule has 0 saturated heterocycles. The molecule has 9 nitrogen and oxygen atoms in total. The van der Waals surface area contributed by atoms with E-state index in [4.69, 9.17) is 4.74 Å². The molecule has 1 aliphatic heterocycles. The monoisotopic (exact) mass is 396 g/mol. The van der Waals surface area contributed by atoms with Crippen LogP contribution in [0.2, 0.25) is 0 Å². The van der Waals surface area contributed by atoms with Crippen LogP contribution in [0.25, 0.3) is 0 Å². The predicted molar refractivity (Wildman–Crippen MR) is 107 cm³/mol. The summed E-state index contributed by atoms with van der Waals surface area (Å²) in [6.45, 7) is 1.37. The number of carbonyl (C=O) groups excluding carboxylic acids is 4. The van der Waals surface area contributed by atoms with Crippen LogP contribution in [-0.4, -0.2) is 36.8 Å². The number of para-hydroxylation sites is 1. The molecule has 1 aliphatic rings. The highest BCUT2D eigenvalue weighted by molar-refractivity contribution is 6.11. The number of hydrogen-bond acceptors (Lipinski definition) is 5. The normalized spacial score (nSPS) is 15.3. The van der Waals surface area contributed by atoms with Gasteiger partial charge in [0.1, 0.15) is 11.8 Å². The molecule has 29 heavy (non-hydrogen) atoms. The second-order valence-electron chi connectivity index (χ2n) is 6.41. The van der Waals surface area contributed by atoms with Gasteiger partial charge in [0.2, 0.25) is 17.7 Å². The van der Waals surface area contributed by atoms with E-state index in [1.807, 2.05) is 0 Å². The molecule has 0 radical (unpaired) electrons. The van der Waals surface area contributed by atoms with Crippen molar-refractivity contribution in [3.8, 4) is 5.75 Å². The highest BCUT2D eigenvalue weighted by atomic mass is 16.5. The third-order valence-corrected chi connectivity index (χ3v) is 4.23. The molecule has 0 aromatic heterocycles. The number of ether oxygens (including phenoxy) is 1. The summed E-state index contributed by atoms with van der Waals surface area (Å²) in [4.78, 5) is 48.6. The Labute approximate surface area is 166 Å². The van der Waals surface area contributed by atoms with Crippen molar-refractivity contribution in [2.75, 3.05) is 23.1 Å². The number of rotatable bonds is 5. The van der Waals surface area contributed by atoms with Crippen LogP contribution in [-0.2, 0) is 14.4 Å². The summed E-state index contributed by atoms with van der Waals surface area (Å²) in [5.74, 6) is -1.31. The lowest BCUT2D eigenvalue weighted by atomic mass is 10.1. The third kappa shape index (κ3) is 4.70. The average molecular weight is 396 g/mol. The van der Waals surface area contributed by atoms with Gasteiger partial charge in [0.05, 0.1) is 30.5 Å². The van der Waals surface area contributed by atoms with Gasteiger partial charge in [-0.15, -0.1) is 0 Å². The van der Waals surface area contributed by atoms with E-state index in [1.165, 1.54) is 14.0 Å². The minimum Gasteiger partial charge on any atom is -0.495 e. The molecule has 150 valence electrons. The first-order valence-electron chi connectivity index (χ1n) is 8.83. The molecule has 4 N–H and O–H groups in total. The summed E-state index contributed by atoms with van der Waals surface area (Å²) < 4.78 is 5.22. The maximum Gasteiger partial charge on any atom is 0.254 e. The molecule has 0 saturated carbocycles. The number of fused-ring (bicyclic) bond motifs is 1. The molecule has 0 bridgehead atoms. The molecule has 4 amide bonds. The van der Waals surface area contributed by atoms with E-state index >= 15 is 0 Å². The molecule has 2 aromatic carbocycles. The fourth-order valence-electron chi connectivity index (χ4n) is 2.93. The van der Waals surface area contributed by atoms with Gasteiger partial charge in [0.25, 0.3) is 5.91 Å². The number of amides is 4. The Morgan fingerprint density at radius 3 is 2.59 bits per heavy atom. The first-order chi connectivity index (χ1) is 13.9. The summed E-state index contributed by atoms with van der Waals surface area (Å²) in [5.41, 5.74) is 1.52. The summed E-state index contributed by atoms with van der Waals surface area (Å²) in [5, 5.41) is 10.5. The van der Waals surface area contributed by atoms with Crippen molar-refractivity contribution in [2.45, 2.75) is 19.4 Å². The quantitative estimate of drug-likeness (QED) is 0.612. The topological polar surface area (TPSA) is 126 Å². The van der Waals surface area contributed by atoms with Crippen molar-refractivity contribution >= 4 is 40.7 Å². The van der Waals surface area contributed by atoms with Crippen molar-refractivity contribution in [2.24, 2.45) is 0 Å². The highest BCUT2D eigenvalue weighted by Gasteiger charge is 2.29. The zero-order valence-electron chi connectivity index (χ0n) is 15.9. The van der Waals surface area contributed by atoms with Crippen LogP contribution in [0.3, 0.4) is 0 Å². The zero-order valence-corrected chi connectivity index (χ0v) is 15.9. The van der Waals surface area contributed by atoms with Crippen LogP contribution in [0.5, 0.6) is 5.75 Å². The minimum atomic E-state index is -1.04. The third-order valence-electron chi connectivity index (χ3n) is 4.23. The molecular weight excluding hydrogens is 376 g/mol. The van der Waals surface area contributed by atoms with E-state index < -0.39 is 23.8 Å². The van der Waals surface area contributed by atoms with E-state index in [-0.39, 0.29) is 12.3 Å². The van der Waals surface area contributed by atoms with E-state index in [2.05, 4.69) is 21.3 Å². The fourth-order valence-corrected chi connectivity index (χ4v) is 2.93. The molecule has 0 aliphatic carbocycles. The molecule has 1 heterocycles. The van der Waals surface area contributed by atoms with Crippen LogP contribution < -0.4 is 26.0 Å². The predicted octanol–water partition coefficient (Wildman–Crippen LogP) is 1.73. The number of nitrogens with one attached hydrogen (secondary N) is 4. The van der Waals surface area contributed by atoms with E-state index in [1.54, 1.807) is 42.5 Å². The van der Waals surface area contributed by atoms with Gasteiger partial charge in [-0.1, -0.05) is 12.1 Å². The molecule has 2 aromatic rings. The lowest BCUT2D eigenvalue weighted by molar-refractivity contribution is -0.122. The van der Waals surface area contributed by atoms with Crippen molar-refractivity contribution in [3.05, 3.63) is 48.0 Å². The smallest absolute Gasteiger partial charge is 0.254 e. The summed E-state index contributed by atoms with van der Waals surface area (Å²) in [6, 6.07) is 10.3. The number of carbonyl (C=O) groups is 4. The van der Waals surface area contributed by atoms with Crippen LogP contribution in [0.4, 0.5) is 17.1 Å². The lowest BCUT2D eigenvalue weighted by Crippen LogP contribution is -2.43. The van der Waals surface area contributed by atoms with Gasteiger partial charge in [0, 0.05) is 12.6 Å². The number of methoxy groups -OCH3 is 1. The zero-order chi connectivity index (χ0) is 21.0. The fraction of sp³-hybridized carbons (Fsp3) is 0.200. The van der Waals surface area contributed by atoms with Gasteiger partial charge in [-0.3, -0.25) is 19.2 Å². The summed E-state index contributed by atoms with van der Waals surface area (Å²) in [6.07, 6.45) is -0.279. The van der Waals surface area contributed by atoms with Gasteiger partial charge in [-0.25, -0.2) is 0 Å². The Bertz CT molecular complexity index is 989. The first kappa shape index (κ1) is 19.9. The second kappa shape index (κ2) is 8.42. The maximum absolute atomic E-state index is 12.5. The molecule has 1 unspecified atom stereocenters. The number of hydrogen-bond donors (Lipinski definition) is 4. The van der Waals surface area contributed by atoms with E-state index in [9.17, 15) is 19.2 Å². The first-order valence-corrected chi connectivity index (χ1v) is 8.83. The summed E-state index contributed by atoms with van der Waals surface area (Å²) >= 11 is 0. The van der Waals surface area contributed by atoms with Gasteiger partial charge in [-0.05, 0) is 30.3 Å². The van der Waals surface area contributed by atoms with Crippen LogP contribution in [0.15, 0.2) is 42.5 Å². The SMILES string of the molecule is COc1ccc(NC(C)=O)cc1NC(=O)CC1NC(=O)c2ccccc2NC1=O. The molecule has 1 atom stereocenters. The van der Waals surface area contributed by atoms with Crippen molar-refractivity contribution < 1.29 is 23.9 Å². The highest BCUT2D eigenvalue weighted by Crippen LogP contribution is 2.28. The van der Waals surface area contributed by atoms with E-state index in [0.717, 1.165) is 0 Å². The van der Waals surface area contributed by atoms with Crippen LogP contribution in [0.1, 0.15) is 23.7 Å². The minimum absolute atomic E-state index is 0.259. The Morgan fingerprint density at radius 2 is 1.86 bits per heavy atom. The molecule has 0 spiro atoms. The molecule has 9 heteroatoms. The molecular formula is C20H20N4O5. The Morgan fingerprint density at radius 1 is 1.10 bits per heavy atom. The second-order valence-corrected chi connectivity index (χ2v) is 6.41. The number of anilines is 3. The summed E-state index contributed by atoms with van der Waals surface area (Å²) in [7, 11) is 1.44. The van der Waals surface area contributed by atoms with Gasteiger partial charge >= 0.3 is 0 Å². The van der Waals surface area contributed by atoms with Crippen LogP contribution in [0, 0.1) is 0 Å². The van der Waals surface area contributed by atoms with Crippen molar-refractivity contribution in [3.63, 3.8) is 0 Å². The number of benzene rings is 2. The largest absolute Gasteiger partial charge is 0.495 e. The van der Waals surface area contributed by atoms with Gasteiger partial charge in [-0.2, -0.15) is 0 Å². The van der Waals surface area contributed by atoms with E-state index in [0.29, 0.717) is 28.4 Å². The molecule has 3 rings (SSSR count). The molecule has 0 fully saturated rings. The standard InChI is InChI=1S/C20H20N4O5/c1-11(25)21-12-7-8-17(29-2)15(9-12)22-18(26)10-16-20(28)23-14-6-4-3-5-13(14)19(27)24-16/h3-9,16H,10H2,1-2H3,(H,21,25)(H,22,26)(H,23,28)(H,24,27). The average Bonchev–Trinajstić information content (AvgIpc) is 2.78. The Balaban J connectivity index is 1.73. The lowest BCUT2D eigenvalue weighted by Gasteiger charge is -2.16. The Kier molecular flexibility index (Phi) is 5.77. The maximum atomic E-state index is 12.5. The van der Waals surface area contributed by atoms with Gasteiger partial charge in [0.15, 0.2) is 0 Å². The van der Waals surface area contributed by atoms with Crippen molar-refractivity contribution in [1.29, 1.82) is 0 Å². The van der Waals surface area contributed by atoms with Crippen molar-refractivity contribution in [1.82, 2.24) is 5.32 Å². The Hall–Kier alpha value is -3.88. The van der Waals surface area contributed by atoms with Gasteiger partial charge < -0.3 is 26.0 Å².